The maximum absolute atomic E-state index is 13.3. The van der Waals surface area contributed by atoms with E-state index in [1.807, 2.05) is 0 Å². The number of halogens is 1. The number of anilines is 2. The zero-order valence-corrected chi connectivity index (χ0v) is 10.3. The van der Waals surface area contributed by atoms with Crippen molar-refractivity contribution in [1.82, 2.24) is 0 Å². The SMILES string of the molecule is CCC(N)C(=O)Nc1ccc(F)c(NC(C)=O)c1. The predicted octanol–water partition coefficient (Wildman–Crippen LogP) is 1.46. The van der Waals surface area contributed by atoms with E-state index in [1.165, 1.54) is 25.1 Å². The lowest BCUT2D eigenvalue weighted by molar-refractivity contribution is -0.117. The normalized spacial score (nSPS) is 11.8. The van der Waals surface area contributed by atoms with Crippen LogP contribution in [0.3, 0.4) is 0 Å². The average molecular weight is 253 g/mol. The molecule has 1 unspecified atom stereocenters. The van der Waals surface area contributed by atoms with Gasteiger partial charge in [0, 0.05) is 12.6 Å². The number of hydrogen-bond donors (Lipinski definition) is 3. The summed E-state index contributed by atoms with van der Waals surface area (Å²) in [6.45, 7) is 3.06. The second-order valence-electron chi connectivity index (χ2n) is 3.88. The van der Waals surface area contributed by atoms with Gasteiger partial charge in [0.25, 0.3) is 0 Å². The van der Waals surface area contributed by atoms with Gasteiger partial charge in [-0.3, -0.25) is 9.59 Å². The van der Waals surface area contributed by atoms with Crippen molar-refractivity contribution in [3.8, 4) is 0 Å². The maximum atomic E-state index is 13.3. The third-order valence-corrected chi connectivity index (χ3v) is 2.32. The van der Waals surface area contributed by atoms with Crippen molar-refractivity contribution in [3.63, 3.8) is 0 Å². The topological polar surface area (TPSA) is 84.2 Å². The van der Waals surface area contributed by atoms with E-state index in [-0.39, 0.29) is 17.5 Å². The fraction of sp³-hybridized carbons (Fsp3) is 0.333. The number of benzene rings is 1. The molecule has 5 nitrogen and oxygen atoms in total. The molecule has 98 valence electrons. The molecular formula is C12H16FN3O2. The molecule has 0 saturated heterocycles. The van der Waals surface area contributed by atoms with E-state index < -0.39 is 11.9 Å². The van der Waals surface area contributed by atoms with Gasteiger partial charge in [0.1, 0.15) is 5.82 Å². The van der Waals surface area contributed by atoms with E-state index in [2.05, 4.69) is 10.6 Å². The minimum absolute atomic E-state index is 0.0189. The first-order valence-electron chi connectivity index (χ1n) is 5.57. The van der Waals surface area contributed by atoms with Crippen LogP contribution in [0, 0.1) is 5.82 Å². The third kappa shape index (κ3) is 3.81. The van der Waals surface area contributed by atoms with Crippen LogP contribution in [-0.4, -0.2) is 17.9 Å². The summed E-state index contributed by atoms with van der Waals surface area (Å²) in [6, 6.07) is 3.30. The Kier molecular flexibility index (Phi) is 4.79. The highest BCUT2D eigenvalue weighted by Crippen LogP contribution is 2.19. The molecular weight excluding hydrogens is 237 g/mol. The Morgan fingerprint density at radius 1 is 1.39 bits per heavy atom. The van der Waals surface area contributed by atoms with Crippen LogP contribution in [0.15, 0.2) is 18.2 Å². The Hall–Kier alpha value is -1.95. The summed E-state index contributed by atoms with van der Waals surface area (Å²) in [5, 5.41) is 4.88. The van der Waals surface area contributed by atoms with Crippen molar-refractivity contribution in [2.24, 2.45) is 5.73 Å². The first-order chi connectivity index (χ1) is 8.43. The molecule has 1 aromatic rings. The van der Waals surface area contributed by atoms with Gasteiger partial charge < -0.3 is 16.4 Å². The van der Waals surface area contributed by atoms with Gasteiger partial charge in [-0.15, -0.1) is 0 Å². The lowest BCUT2D eigenvalue weighted by Gasteiger charge is -2.11. The minimum Gasteiger partial charge on any atom is -0.325 e. The number of carbonyl (C=O) groups is 2. The Morgan fingerprint density at radius 2 is 2.06 bits per heavy atom. The molecule has 18 heavy (non-hydrogen) atoms. The molecule has 1 rings (SSSR count). The van der Waals surface area contributed by atoms with E-state index >= 15 is 0 Å². The third-order valence-electron chi connectivity index (χ3n) is 2.32. The molecule has 6 heteroatoms. The molecule has 0 radical (unpaired) electrons. The van der Waals surface area contributed by atoms with Crippen LogP contribution in [0.25, 0.3) is 0 Å². The standard InChI is InChI=1S/C12H16FN3O2/c1-3-10(14)12(18)16-8-4-5-9(13)11(6-8)15-7(2)17/h4-6,10H,3,14H2,1-2H3,(H,15,17)(H,16,18). The lowest BCUT2D eigenvalue weighted by Crippen LogP contribution is -2.34. The molecule has 0 aliphatic carbocycles. The van der Waals surface area contributed by atoms with Crippen molar-refractivity contribution < 1.29 is 14.0 Å². The van der Waals surface area contributed by atoms with Gasteiger partial charge in [-0.1, -0.05) is 6.92 Å². The molecule has 0 aliphatic rings. The van der Waals surface area contributed by atoms with Crippen LogP contribution in [0.4, 0.5) is 15.8 Å². The summed E-state index contributed by atoms with van der Waals surface area (Å²) in [6.07, 6.45) is 0.506. The van der Waals surface area contributed by atoms with Gasteiger partial charge in [-0.05, 0) is 24.6 Å². The molecule has 1 aromatic carbocycles. The zero-order chi connectivity index (χ0) is 13.7. The summed E-state index contributed by atoms with van der Waals surface area (Å²) >= 11 is 0. The van der Waals surface area contributed by atoms with Gasteiger partial charge in [-0.2, -0.15) is 0 Å². The van der Waals surface area contributed by atoms with Crippen LogP contribution in [0.1, 0.15) is 20.3 Å². The number of amides is 2. The number of rotatable bonds is 4. The molecule has 0 heterocycles. The van der Waals surface area contributed by atoms with Crippen molar-refractivity contribution in [3.05, 3.63) is 24.0 Å². The number of nitrogens with two attached hydrogens (primary N) is 1. The van der Waals surface area contributed by atoms with E-state index in [9.17, 15) is 14.0 Å². The van der Waals surface area contributed by atoms with Crippen molar-refractivity contribution in [1.29, 1.82) is 0 Å². The molecule has 0 saturated carbocycles. The Labute approximate surface area is 105 Å². The summed E-state index contributed by atoms with van der Waals surface area (Å²) < 4.78 is 13.3. The summed E-state index contributed by atoms with van der Waals surface area (Å²) in [5.74, 6) is -1.30. The second-order valence-corrected chi connectivity index (χ2v) is 3.88. The number of carbonyl (C=O) groups excluding carboxylic acids is 2. The molecule has 1 atom stereocenters. The first-order valence-corrected chi connectivity index (χ1v) is 5.57. The smallest absolute Gasteiger partial charge is 0.241 e. The monoisotopic (exact) mass is 253 g/mol. The number of hydrogen-bond acceptors (Lipinski definition) is 3. The molecule has 4 N–H and O–H groups in total. The lowest BCUT2D eigenvalue weighted by atomic mass is 10.2. The van der Waals surface area contributed by atoms with Crippen LogP contribution in [0.2, 0.25) is 0 Å². The van der Waals surface area contributed by atoms with Crippen molar-refractivity contribution >= 4 is 23.2 Å². The highest BCUT2D eigenvalue weighted by Gasteiger charge is 2.12. The van der Waals surface area contributed by atoms with Crippen LogP contribution in [0.5, 0.6) is 0 Å². The summed E-state index contributed by atoms with van der Waals surface area (Å²) in [7, 11) is 0. The largest absolute Gasteiger partial charge is 0.325 e. The maximum Gasteiger partial charge on any atom is 0.241 e. The molecule has 0 fully saturated rings. The van der Waals surface area contributed by atoms with Gasteiger partial charge in [0.05, 0.1) is 11.7 Å². The van der Waals surface area contributed by atoms with Gasteiger partial charge in [0.2, 0.25) is 11.8 Å². The second kappa shape index (κ2) is 6.11. The van der Waals surface area contributed by atoms with Gasteiger partial charge in [-0.25, -0.2) is 4.39 Å². The highest BCUT2D eigenvalue weighted by atomic mass is 19.1. The Bertz CT molecular complexity index is 463. The quantitative estimate of drug-likeness (QED) is 0.759. The fourth-order valence-corrected chi connectivity index (χ4v) is 1.31. The van der Waals surface area contributed by atoms with Crippen LogP contribution >= 0.6 is 0 Å². The summed E-state index contributed by atoms with van der Waals surface area (Å²) in [4.78, 5) is 22.4. The molecule has 0 aliphatic heterocycles. The zero-order valence-electron chi connectivity index (χ0n) is 10.3. The van der Waals surface area contributed by atoms with Gasteiger partial charge in [0.15, 0.2) is 0 Å². The summed E-state index contributed by atoms with van der Waals surface area (Å²) in [5.41, 5.74) is 5.96. The number of nitrogens with one attached hydrogen (secondary N) is 2. The fourth-order valence-electron chi connectivity index (χ4n) is 1.31. The van der Waals surface area contributed by atoms with E-state index in [1.54, 1.807) is 6.92 Å². The van der Waals surface area contributed by atoms with E-state index in [4.69, 9.17) is 5.73 Å². The first kappa shape index (κ1) is 14.1. The van der Waals surface area contributed by atoms with E-state index in [0.717, 1.165) is 0 Å². The van der Waals surface area contributed by atoms with Gasteiger partial charge >= 0.3 is 0 Å². The minimum atomic E-state index is -0.612. The molecule has 0 bridgehead atoms. The highest BCUT2D eigenvalue weighted by molar-refractivity contribution is 5.96. The Balaban J connectivity index is 2.85. The van der Waals surface area contributed by atoms with E-state index in [0.29, 0.717) is 12.1 Å². The van der Waals surface area contributed by atoms with Crippen LogP contribution in [-0.2, 0) is 9.59 Å². The predicted molar refractivity (Wildman–Crippen MR) is 67.6 cm³/mol. The van der Waals surface area contributed by atoms with Crippen LogP contribution < -0.4 is 16.4 Å². The van der Waals surface area contributed by atoms with Crippen molar-refractivity contribution in [2.45, 2.75) is 26.3 Å². The Morgan fingerprint density at radius 3 is 2.61 bits per heavy atom. The molecule has 2 amide bonds. The molecule has 0 spiro atoms. The average Bonchev–Trinajstić information content (AvgIpc) is 2.31. The van der Waals surface area contributed by atoms with Crippen molar-refractivity contribution in [2.75, 3.05) is 10.6 Å². The molecule has 0 aromatic heterocycles.